The van der Waals surface area contributed by atoms with Gasteiger partial charge in [-0.1, -0.05) is 48.5 Å². The van der Waals surface area contributed by atoms with Gasteiger partial charge in [-0.05, 0) is 60.8 Å². The van der Waals surface area contributed by atoms with Gasteiger partial charge in [-0.25, -0.2) is 4.79 Å². The second-order valence-electron chi connectivity index (χ2n) is 9.73. The van der Waals surface area contributed by atoms with Gasteiger partial charge in [0.2, 0.25) is 5.91 Å². The van der Waals surface area contributed by atoms with Crippen LogP contribution in [0, 0.1) is 11.8 Å². The summed E-state index contributed by atoms with van der Waals surface area (Å²) in [5.74, 6) is -1.33. The SMILES string of the molecule is O=C(N[C@H]1CC[C@@H](C(=O)NC2CCC(C(=O)O)C2)C1)OCC1c2ccccc2-c2ccccc21. The molecule has 0 spiro atoms. The van der Waals surface area contributed by atoms with E-state index in [4.69, 9.17) is 9.84 Å². The molecule has 34 heavy (non-hydrogen) atoms. The lowest BCUT2D eigenvalue weighted by Gasteiger charge is -2.18. The second-order valence-corrected chi connectivity index (χ2v) is 9.73. The zero-order valence-corrected chi connectivity index (χ0v) is 19.0. The van der Waals surface area contributed by atoms with E-state index >= 15 is 0 Å². The molecule has 2 unspecified atom stereocenters. The first kappa shape index (κ1) is 22.4. The number of rotatable bonds is 6. The van der Waals surface area contributed by atoms with Crippen LogP contribution < -0.4 is 10.6 Å². The summed E-state index contributed by atoms with van der Waals surface area (Å²) < 4.78 is 5.63. The van der Waals surface area contributed by atoms with Crippen LogP contribution in [0.1, 0.15) is 55.6 Å². The van der Waals surface area contributed by atoms with Crippen LogP contribution in [0.25, 0.3) is 11.1 Å². The van der Waals surface area contributed by atoms with Crippen molar-refractivity contribution in [1.29, 1.82) is 0 Å². The molecule has 0 aliphatic heterocycles. The van der Waals surface area contributed by atoms with Gasteiger partial charge in [0.25, 0.3) is 0 Å². The number of nitrogens with one attached hydrogen (secondary N) is 2. The van der Waals surface area contributed by atoms with Gasteiger partial charge in [-0.3, -0.25) is 9.59 Å². The van der Waals surface area contributed by atoms with E-state index in [1.165, 1.54) is 22.3 Å². The molecule has 2 aromatic carbocycles. The lowest BCUT2D eigenvalue weighted by molar-refractivity contribution is -0.141. The van der Waals surface area contributed by atoms with Crippen molar-refractivity contribution in [3.05, 3.63) is 59.7 Å². The van der Waals surface area contributed by atoms with Gasteiger partial charge in [0.05, 0.1) is 5.92 Å². The van der Waals surface area contributed by atoms with Crippen molar-refractivity contribution in [2.75, 3.05) is 6.61 Å². The number of hydrogen-bond donors (Lipinski definition) is 3. The van der Waals surface area contributed by atoms with Gasteiger partial charge >= 0.3 is 12.1 Å². The average molecular weight is 463 g/mol. The van der Waals surface area contributed by atoms with Crippen molar-refractivity contribution in [3.63, 3.8) is 0 Å². The summed E-state index contributed by atoms with van der Waals surface area (Å²) in [6.45, 7) is 0.267. The van der Waals surface area contributed by atoms with E-state index in [0.717, 1.165) is 6.42 Å². The minimum atomic E-state index is -0.787. The summed E-state index contributed by atoms with van der Waals surface area (Å²) in [7, 11) is 0. The Bertz CT molecular complexity index is 1050. The number of hydrogen-bond acceptors (Lipinski definition) is 4. The van der Waals surface area contributed by atoms with Crippen molar-refractivity contribution in [2.45, 2.75) is 56.5 Å². The number of fused-ring (bicyclic) bond motifs is 3. The van der Waals surface area contributed by atoms with Crippen molar-refractivity contribution in [1.82, 2.24) is 10.6 Å². The third-order valence-electron chi connectivity index (χ3n) is 7.60. The molecule has 0 bridgehead atoms. The molecule has 3 N–H and O–H groups in total. The number of carboxylic acid groups (broad SMARTS) is 1. The highest BCUT2D eigenvalue weighted by Crippen LogP contribution is 2.44. The van der Waals surface area contributed by atoms with Crippen molar-refractivity contribution >= 4 is 18.0 Å². The first-order valence-electron chi connectivity index (χ1n) is 12.1. The van der Waals surface area contributed by atoms with Crippen LogP contribution in [-0.2, 0) is 14.3 Å². The van der Waals surface area contributed by atoms with Gasteiger partial charge in [0, 0.05) is 23.9 Å². The monoisotopic (exact) mass is 462 g/mol. The molecule has 0 radical (unpaired) electrons. The summed E-state index contributed by atoms with van der Waals surface area (Å²) in [5.41, 5.74) is 4.72. The third-order valence-corrected chi connectivity index (χ3v) is 7.60. The van der Waals surface area contributed by atoms with E-state index in [1.807, 2.05) is 24.3 Å². The molecule has 5 rings (SSSR count). The molecule has 2 fully saturated rings. The second kappa shape index (κ2) is 9.49. The summed E-state index contributed by atoms with van der Waals surface area (Å²) in [6, 6.07) is 16.3. The molecular weight excluding hydrogens is 432 g/mol. The lowest BCUT2D eigenvalue weighted by atomic mass is 9.98. The van der Waals surface area contributed by atoms with Crippen LogP contribution in [0.2, 0.25) is 0 Å². The Morgan fingerprint density at radius 1 is 0.794 bits per heavy atom. The normalized spacial score (nSPS) is 25.4. The van der Waals surface area contributed by atoms with Gasteiger partial charge in [0.15, 0.2) is 0 Å². The number of carbonyl (C=O) groups excluding carboxylic acids is 2. The Balaban J connectivity index is 1.10. The lowest BCUT2D eigenvalue weighted by Crippen LogP contribution is -2.38. The first-order chi connectivity index (χ1) is 16.5. The molecule has 2 aromatic rings. The molecular formula is C27H30N2O5. The number of benzene rings is 2. The highest BCUT2D eigenvalue weighted by atomic mass is 16.5. The molecule has 178 valence electrons. The van der Waals surface area contributed by atoms with Crippen LogP contribution in [0.3, 0.4) is 0 Å². The molecule has 3 aliphatic carbocycles. The predicted molar refractivity (Wildman–Crippen MR) is 126 cm³/mol. The quantitative estimate of drug-likeness (QED) is 0.600. The number of carbonyl (C=O) groups is 3. The van der Waals surface area contributed by atoms with Crippen molar-refractivity contribution in [3.8, 4) is 11.1 Å². The third kappa shape index (κ3) is 4.52. The van der Waals surface area contributed by atoms with Crippen LogP contribution in [0.4, 0.5) is 4.79 Å². The number of amides is 2. The highest BCUT2D eigenvalue weighted by molar-refractivity contribution is 5.80. The summed E-state index contributed by atoms with van der Waals surface area (Å²) >= 11 is 0. The van der Waals surface area contributed by atoms with E-state index in [1.54, 1.807) is 0 Å². The largest absolute Gasteiger partial charge is 0.481 e. The first-order valence-corrected chi connectivity index (χ1v) is 12.1. The molecule has 7 nitrogen and oxygen atoms in total. The van der Waals surface area contributed by atoms with Crippen LogP contribution >= 0.6 is 0 Å². The highest BCUT2D eigenvalue weighted by Gasteiger charge is 2.35. The Kier molecular flexibility index (Phi) is 6.26. The van der Waals surface area contributed by atoms with Gasteiger partial charge in [-0.2, -0.15) is 0 Å². The minimum Gasteiger partial charge on any atom is -0.481 e. The average Bonchev–Trinajstić information content (AvgIpc) is 3.56. The molecule has 0 saturated heterocycles. The Morgan fingerprint density at radius 2 is 1.35 bits per heavy atom. The van der Waals surface area contributed by atoms with E-state index in [0.29, 0.717) is 32.1 Å². The van der Waals surface area contributed by atoms with Crippen molar-refractivity contribution in [2.24, 2.45) is 11.8 Å². The van der Waals surface area contributed by atoms with Gasteiger partial charge in [0.1, 0.15) is 6.61 Å². The van der Waals surface area contributed by atoms with Crippen LogP contribution in [0.15, 0.2) is 48.5 Å². The maximum atomic E-state index is 12.6. The standard InChI is InChI=1S/C27H30N2O5/c30-25(28-18-12-10-17(14-18)26(31)32)16-9-11-19(13-16)29-27(33)34-15-24-22-7-3-1-5-20(22)21-6-2-4-8-23(21)24/h1-8,16-19,24H,9-15H2,(H,28,30)(H,29,33)(H,31,32)/t16-,17?,18?,19+/m1/s1. The van der Waals surface area contributed by atoms with E-state index in [-0.39, 0.29) is 42.4 Å². The van der Waals surface area contributed by atoms with Crippen LogP contribution in [0.5, 0.6) is 0 Å². The fourth-order valence-electron chi connectivity index (χ4n) is 5.81. The fourth-order valence-corrected chi connectivity index (χ4v) is 5.81. The number of carboxylic acids is 1. The number of ether oxygens (including phenoxy) is 1. The molecule has 0 aromatic heterocycles. The van der Waals surface area contributed by atoms with E-state index in [2.05, 4.69) is 34.9 Å². The summed E-state index contributed by atoms with van der Waals surface area (Å²) in [4.78, 5) is 36.3. The minimum absolute atomic E-state index is 0.0151. The van der Waals surface area contributed by atoms with E-state index in [9.17, 15) is 14.4 Å². The zero-order chi connectivity index (χ0) is 23.7. The maximum Gasteiger partial charge on any atom is 0.407 e. The zero-order valence-electron chi connectivity index (χ0n) is 19.0. The molecule has 3 aliphatic rings. The fraction of sp³-hybridized carbons (Fsp3) is 0.444. The van der Waals surface area contributed by atoms with Crippen LogP contribution in [-0.4, -0.2) is 41.8 Å². The molecule has 4 atom stereocenters. The van der Waals surface area contributed by atoms with Crippen molar-refractivity contribution < 1.29 is 24.2 Å². The Morgan fingerprint density at radius 3 is 1.97 bits per heavy atom. The number of alkyl carbamates (subject to hydrolysis) is 1. The summed E-state index contributed by atoms with van der Waals surface area (Å²) in [5, 5.41) is 15.1. The topological polar surface area (TPSA) is 105 Å². The Hall–Kier alpha value is -3.35. The molecule has 0 heterocycles. The molecule has 7 heteroatoms. The molecule has 2 amide bonds. The smallest absolute Gasteiger partial charge is 0.407 e. The van der Waals surface area contributed by atoms with E-state index < -0.39 is 12.1 Å². The van der Waals surface area contributed by atoms with Gasteiger partial charge in [-0.15, -0.1) is 0 Å². The number of aliphatic carboxylic acids is 1. The predicted octanol–water partition coefficient (Wildman–Crippen LogP) is 4.06. The molecule has 2 saturated carbocycles. The van der Waals surface area contributed by atoms with Gasteiger partial charge < -0.3 is 20.5 Å². The Labute approximate surface area is 198 Å². The summed E-state index contributed by atoms with van der Waals surface area (Å²) in [6.07, 6.45) is 3.36. The maximum absolute atomic E-state index is 12.6.